The molecular weight excluding hydrogens is 212 g/mol. The Morgan fingerprint density at radius 2 is 2.07 bits per heavy atom. The lowest BCUT2D eigenvalue weighted by atomic mass is 10.1. The molecule has 0 aliphatic carbocycles. The Hall–Kier alpha value is -1.53. The number of nitrogens with one attached hydrogen (secondary N) is 1. The SMILES string of the molecule is N#Cc1ccc(C(=O)NCCCCl)cc1. The molecule has 0 bridgehead atoms. The number of hydrogen-bond acceptors (Lipinski definition) is 2. The molecule has 0 radical (unpaired) electrons. The van der Waals surface area contributed by atoms with Gasteiger partial charge in [0, 0.05) is 18.0 Å². The van der Waals surface area contributed by atoms with E-state index in [9.17, 15) is 4.79 Å². The Morgan fingerprint density at radius 3 is 2.60 bits per heavy atom. The average molecular weight is 223 g/mol. The summed E-state index contributed by atoms with van der Waals surface area (Å²) in [5, 5.41) is 11.3. The molecule has 0 heterocycles. The number of amides is 1. The Labute approximate surface area is 93.7 Å². The number of carbonyl (C=O) groups is 1. The van der Waals surface area contributed by atoms with Gasteiger partial charge in [-0.1, -0.05) is 0 Å². The number of benzene rings is 1. The van der Waals surface area contributed by atoms with Gasteiger partial charge < -0.3 is 5.32 Å². The molecule has 0 fully saturated rings. The van der Waals surface area contributed by atoms with Crippen LogP contribution in [0.1, 0.15) is 22.3 Å². The van der Waals surface area contributed by atoms with E-state index >= 15 is 0 Å². The van der Waals surface area contributed by atoms with Crippen LogP contribution in [0.25, 0.3) is 0 Å². The van der Waals surface area contributed by atoms with Gasteiger partial charge in [0.15, 0.2) is 0 Å². The summed E-state index contributed by atoms with van der Waals surface area (Å²) >= 11 is 5.48. The zero-order valence-electron chi connectivity index (χ0n) is 8.16. The van der Waals surface area contributed by atoms with E-state index in [1.807, 2.05) is 6.07 Å². The monoisotopic (exact) mass is 222 g/mol. The number of nitrogens with zero attached hydrogens (tertiary/aromatic N) is 1. The fraction of sp³-hybridized carbons (Fsp3) is 0.273. The van der Waals surface area contributed by atoms with Gasteiger partial charge in [0.05, 0.1) is 11.6 Å². The molecule has 78 valence electrons. The zero-order chi connectivity index (χ0) is 11.1. The second-order valence-corrected chi connectivity index (χ2v) is 3.37. The molecule has 0 saturated carbocycles. The van der Waals surface area contributed by atoms with E-state index in [1.54, 1.807) is 24.3 Å². The Kier molecular flexibility index (Phi) is 4.65. The predicted molar refractivity (Wildman–Crippen MR) is 58.8 cm³/mol. The maximum absolute atomic E-state index is 11.5. The minimum absolute atomic E-state index is 0.135. The second kappa shape index (κ2) is 6.05. The second-order valence-electron chi connectivity index (χ2n) is 2.99. The third kappa shape index (κ3) is 3.61. The smallest absolute Gasteiger partial charge is 0.251 e. The summed E-state index contributed by atoms with van der Waals surface area (Å²) in [6.45, 7) is 0.572. The van der Waals surface area contributed by atoms with Crippen LogP contribution in [0.2, 0.25) is 0 Å². The highest BCUT2D eigenvalue weighted by Crippen LogP contribution is 2.02. The molecule has 0 aromatic heterocycles. The molecule has 3 nitrogen and oxygen atoms in total. The van der Waals surface area contributed by atoms with Crippen LogP contribution in [0.5, 0.6) is 0 Å². The molecule has 1 aromatic carbocycles. The number of rotatable bonds is 4. The molecular formula is C11H11ClN2O. The van der Waals surface area contributed by atoms with Crippen molar-refractivity contribution in [1.82, 2.24) is 5.32 Å². The van der Waals surface area contributed by atoms with Crippen LogP contribution in [0.3, 0.4) is 0 Å². The van der Waals surface area contributed by atoms with Crippen molar-refractivity contribution >= 4 is 17.5 Å². The van der Waals surface area contributed by atoms with Crippen LogP contribution < -0.4 is 5.32 Å². The first-order valence-corrected chi connectivity index (χ1v) is 5.15. The van der Waals surface area contributed by atoms with Crippen LogP contribution in [0.15, 0.2) is 24.3 Å². The van der Waals surface area contributed by atoms with Crippen molar-refractivity contribution in [2.45, 2.75) is 6.42 Å². The van der Waals surface area contributed by atoms with Crippen molar-refractivity contribution in [3.8, 4) is 6.07 Å². The topological polar surface area (TPSA) is 52.9 Å². The first-order chi connectivity index (χ1) is 7.27. The highest BCUT2D eigenvalue weighted by atomic mass is 35.5. The summed E-state index contributed by atoms with van der Waals surface area (Å²) in [5.74, 6) is 0.401. The van der Waals surface area contributed by atoms with Crippen molar-refractivity contribution in [2.24, 2.45) is 0 Å². The number of nitriles is 1. The van der Waals surface area contributed by atoms with Gasteiger partial charge in [0.2, 0.25) is 0 Å². The van der Waals surface area contributed by atoms with Gasteiger partial charge in [-0.15, -0.1) is 11.6 Å². The average Bonchev–Trinajstić information content (AvgIpc) is 2.29. The molecule has 0 saturated heterocycles. The minimum Gasteiger partial charge on any atom is -0.352 e. The van der Waals surface area contributed by atoms with E-state index in [1.165, 1.54) is 0 Å². The summed E-state index contributed by atoms with van der Waals surface area (Å²) in [4.78, 5) is 11.5. The van der Waals surface area contributed by atoms with Gasteiger partial charge in [-0.3, -0.25) is 4.79 Å². The van der Waals surface area contributed by atoms with Gasteiger partial charge in [-0.2, -0.15) is 5.26 Å². The predicted octanol–water partition coefficient (Wildman–Crippen LogP) is 1.92. The van der Waals surface area contributed by atoms with Crippen LogP contribution in [-0.2, 0) is 0 Å². The van der Waals surface area contributed by atoms with Gasteiger partial charge in [-0.25, -0.2) is 0 Å². The zero-order valence-corrected chi connectivity index (χ0v) is 8.92. The van der Waals surface area contributed by atoms with E-state index < -0.39 is 0 Å². The summed E-state index contributed by atoms with van der Waals surface area (Å²) in [7, 11) is 0. The van der Waals surface area contributed by atoms with Crippen LogP contribution in [0.4, 0.5) is 0 Å². The molecule has 0 atom stereocenters. The largest absolute Gasteiger partial charge is 0.352 e. The van der Waals surface area contributed by atoms with E-state index in [4.69, 9.17) is 16.9 Å². The van der Waals surface area contributed by atoms with Crippen LogP contribution in [0, 0.1) is 11.3 Å². The normalized spacial score (nSPS) is 9.33. The van der Waals surface area contributed by atoms with E-state index in [-0.39, 0.29) is 5.91 Å². The van der Waals surface area contributed by atoms with Crippen molar-refractivity contribution < 1.29 is 4.79 Å². The third-order valence-corrected chi connectivity index (χ3v) is 2.14. The van der Waals surface area contributed by atoms with Crippen molar-refractivity contribution in [2.75, 3.05) is 12.4 Å². The molecule has 0 aliphatic rings. The standard InChI is InChI=1S/C11H11ClN2O/c12-6-1-7-14-11(15)10-4-2-9(8-13)3-5-10/h2-5H,1,6-7H2,(H,14,15). The lowest BCUT2D eigenvalue weighted by molar-refractivity contribution is 0.0954. The number of halogens is 1. The molecule has 0 aliphatic heterocycles. The van der Waals surface area contributed by atoms with Crippen molar-refractivity contribution in [3.63, 3.8) is 0 Å². The lowest BCUT2D eigenvalue weighted by Gasteiger charge is -2.03. The van der Waals surface area contributed by atoms with Crippen LogP contribution >= 0.6 is 11.6 Å². The summed E-state index contributed by atoms with van der Waals surface area (Å²) in [5.41, 5.74) is 1.11. The first kappa shape index (κ1) is 11.5. The molecule has 1 amide bonds. The van der Waals surface area contributed by atoms with Crippen molar-refractivity contribution in [1.29, 1.82) is 5.26 Å². The highest BCUT2D eigenvalue weighted by Gasteiger charge is 2.03. The molecule has 4 heteroatoms. The molecule has 15 heavy (non-hydrogen) atoms. The molecule has 0 unspecified atom stereocenters. The lowest BCUT2D eigenvalue weighted by Crippen LogP contribution is -2.24. The van der Waals surface area contributed by atoms with Gasteiger partial charge >= 0.3 is 0 Å². The summed E-state index contributed by atoms with van der Waals surface area (Å²) in [6.07, 6.45) is 0.754. The van der Waals surface area contributed by atoms with Gasteiger partial charge in [0.1, 0.15) is 0 Å². The van der Waals surface area contributed by atoms with Crippen LogP contribution in [-0.4, -0.2) is 18.3 Å². The quantitative estimate of drug-likeness (QED) is 0.625. The maximum atomic E-state index is 11.5. The Morgan fingerprint density at radius 1 is 1.40 bits per heavy atom. The van der Waals surface area contributed by atoms with Gasteiger partial charge in [-0.05, 0) is 30.7 Å². The minimum atomic E-state index is -0.135. The van der Waals surface area contributed by atoms with E-state index in [0.717, 1.165) is 6.42 Å². The maximum Gasteiger partial charge on any atom is 0.251 e. The fourth-order valence-electron chi connectivity index (χ4n) is 1.07. The fourth-order valence-corrected chi connectivity index (χ4v) is 1.20. The first-order valence-electron chi connectivity index (χ1n) is 4.62. The molecule has 1 N–H and O–H groups in total. The number of hydrogen-bond donors (Lipinski definition) is 1. The summed E-state index contributed by atoms with van der Waals surface area (Å²) in [6, 6.07) is 8.51. The van der Waals surface area contributed by atoms with E-state index in [0.29, 0.717) is 23.6 Å². The van der Waals surface area contributed by atoms with E-state index in [2.05, 4.69) is 5.32 Å². The Bertz CT molecular complexity index is 367. The Balaban J connectivity index is 2.55. The number of alkyl halides is 1. The third-order valence-electron chi connectivity index (χ3n) is 1.87. The van der Waals surface area contributed by atoms with Gasteiger partial charge in [0.25, 0.3) is 5.91 Å². The molecule has 0 spiro atoms. The number of carbonyl (C=O) groups excluding carboxylic acids is 1. The molecule has 1 rings (SSSR count). The summed E-state index contributed by atoms with van der Waals surface area (Å²) < 4.78 is 0. The van der Waals surface area contributed by atoms with Crippen molar-refractivity contribution in [3.05, 3.63) is 35.4 Å². The molecule has 1 aromatic rings. The highest BCUT2D eigenvalue weighted by molar-refractivity contribution is 6.17.